The van der Waals surface area contributed by atoms with E-state index in [1.807, 2.05) is 0 Å². The molecule has 0 spiro atoms. The second kappa shape index (κ2) is 24.5. The molecule has 1 atom stereocenters. The molecule has 0 heterocycles. The number of aliphatic hydroxyl groups excluding tert-OH is 1. The molecule has 0 aliphatic heterocycles. The summed E-state index contributed by atoms with van der Waals surface area (Å²) < 4.78 is 32.6. The van der Waals surface area contributed by atoms with Gasteiger partial charge in [0, 0.05) is 0 Å². The smallest absolute Gasteiger partial charge is 0.748 e. The zero-order valence-corrected chi connectivity index (χ0v) is 23.0. The molecule has 6 heteroatoms. The summed E-state index contributed by atoms with van der Waals surface area (Å²) in [6.07, 6.45) is 26.4. The fourth-order valence-electron chi connectivity index (χ4n) is 3.95. The van der Waals surface area contributed by atoms with Crippen LogP contribution in [0, 0.1) is 0 Å². The molecule has 1 N–H and O–H groups in total. The maximum atomic E-state index is 10.9. The van der Waals surface area contributed by atoms with E-state index in [2.05, 4.69) is 6.92 Å². The minimum Gasteiger partial charge on any atom is -0.748 e. The van der Waals surface area contributed by atoms with Crippen LogP contribution in [-0.4, -0.2) is 29.9 Å². The summed E-state index contributed by atoms with van der Waals surface area (Å²) in [5.41, 5.74) is 0. The largest absolute Gasteiger partial charge is 1.00 e. The average Bonchev–Trinajstić information content (AvgIpc) is 2.68. The first-order valence-electron chi connectivity index (χ1n) is 12.6. The average molecular weight is 457 g/mol. The van der Waals surface area contributed by atoms with Gasteiger partial charge in [0.15, 0.2) is 0 Å². The Labute approximate surface area is 210 Å². The van der Waals surface area contributed by atoms with Gasteiger partial charge in [0.2, 0.25) is 0 Å². The predicted octanol–water partition coefficient (Wildman–Crippen LogP) is 4.11. The molecule has 4 nitrogen and oxygen atoms in total. The van der Waals surface area contributed by atoms with Gasteiger partial charge in [-0.2, -0.15) is 0 Å². The maximum absolute atomic E-state index is 10.9. The third-order valence-corrected chi connectivity index (χ3v) is 7.19. The van der Waals surface area contributed by atoms with E-state index >= 15 is 0 Å². The predicted molar refractivity (Wildman–Crippen MR) is 123 cm³/mol. The Hall–Kier alpha value is 0.870. The molecule has 30 heavy (non-hydrogen) atoms. The first-order valence-corrected chi connectivity index (χ1v) is 14.0. The van der Waals surface area contributed by atoms with Crippen molar-refractivity contribution in [2.45, 2.75) is 147 Å². The van der Waals surface area contributed by atoms with Crippen molar-refractivity contribution in [3.05, 3.63) is 0 Å². The van der Waals surface area contributed by atoms with E-state index in [1.54, 1.807) is 0 Å². The van der Waals surface area contributed by atoms with Gasteiger partial charge in [-0.3, -0.25) is 0 Å². The van der Waals surface area contributed by atoms with Crippen LogP contribution in [-0.2, 0) is 10.1 Å². The Bertz CT molecular complexity index is 429. The molecule has 0 aliphatic rings. The number of hydrogen-bond acceptors (Lipinski definition) is 4. The molecule has 0 aromatic rings. The normalized spacial score (nSPS) is 12.6. The fourth-order valence-corrected chi connectivity index (χ4v) is 4.59. The van der Waals surface area contributed by atoms with Crippen molar-refractivity contribution >= 4 is 10.1 Å². The molecule has 0 fully saturated rings. The minimum atomic E-state index is -4.34. The van der Waals surface area contributed by atoms with E-state index in [0.717, 1.165) is 12.8 Å². The molecule has 1 unspecified atom stereocenters. The number of hydrogen-bond donors (Lipinski definition) is 1. The summed E-state index contributed by atoms with van der Waals surface area (Å²) in [5, 5.41) is 7.83. The van der Waals surface area contributed by atoms with E-state index in [1.165, 1.54) is 109 Å². The molecule has 0 bridgehead atoms. The summed E-state index contributed by atoms with van der Waals surface area (Å²) in [4.78, 5) is 0. The van der Waals surface area contributed by atoms with E-state index in [4.69, 9.17) is 5.11 Å². The monoisotopic (exact) mass is 456 g/mol. The molecule has 0 aromatic carbocycles. The molecular formula is C24H49NaO4S. The van der Waals surface area contributed by atoms with Crippen molar-refractivity contribution in [2.24, 2.45) is 0 Å². The SMILES string of the molecule is CCCCCCCCCCCCCCCCCCCCCCC(CO)S(=O)(=O)[O-].[Na+]. The summed E-state index contributed by atoms with van der Waals surface area (Å²) in [6, 6.07) is 0. The summed E-state index contributed by atoms with van der Waals surface area (Å²) in [7, 11) is -4.34. The molecule has 0 amide bonds. The van der Waals surface area contributed by atoms with Crippen LogP contribution in [0.4, 0.5) is 0 Å². The zero-order valence-electron chi connectivity index (χ0n) is 20.2. The first kappa shape index (κ1) is 33.0. The van der Waals surface area contributed by atoms with Crippen molar-refractivity contribution in [1.29, 1.82) is 0 Å². The van der Waals surface area contributed by atoms with Crippen LogP contribution < -0.4 is 29.6 Å². The Morgan fingerprint density at radius 3 is 1.10 bits per heavy atom. The van der Waals surface area contributed by atoms with Gasteiger partial charge in [0.25, 0.3) is 0 Å². The van der Waals surface area contributed by atoms with Gasteiger partial charge >= 0.3 is 29.6 Å². The summed E-state index contributed by atoms with van der Waals surface area (Å²) in [6.45, 7) is 1.72. The Morgan fingerprint density at radius 1 is 0.600 bits per heavy atom. The van der Waals surface area contributed by atoms with Crippen LogP contribution in [0.5, 0.6) is 0 Å². The quantitative estimate of drug-likeness (QED) is 0.143. The van der Waals surface area contributed by atoms with Gasteiger partial charge < -0.3 is 9.66 Å². The molecule has 0 saturated heterocycles. The molecule has 0 aromatic heterocycles. The van der Waals surface area contributed by atoms with Gasteiger partial charge in [0.1, 0.15) is 0 Å². The standard InChI is InChI=1S/C24H50O4S.Na/c1-2-3-4-5-6-7-8-9-10-11-12-13-14-15-16-17-18-19-20-21-22-24(23-25)29(26,27)28;/h24-25H,2-23H2,1H3,(H,26,27,28);/q;+1/p-1. The van der Waals surface area contributed by atoms with Crippen molar-refractivity contribution in [1.82, 2.24) is 0 Å². The molecule has 176 valence electrons. The topological polar surface area (TPSA) is 77.4 Å². The van der Waals surface area contributed by atoms with E-state index in [0.29, 0.717) is 12.8 Å². The zero-order chi connectivity index (χ0) is 21.6. The van der Waals surface area contributed by atoms with Crippen LogP contribution in [0.15, 0.2) is 0 Å². The number of unbranched alkanes of at least 4 members (excludes halogenated alkanes) is 19. The van der Waals surface area contributed by atoms with Crippen LogP contribution in [0.3, 0.4) is 0 Å². The van der Waals surface area contributed by atoms with Crippen molar-refractivity contribution in [2.75, 3.05) is 6.61 Å². The van der Waals surface area contributed by atoms with Crippen molar-refractivity contribution < 1.29 is 47.6 Å². The van der Waals surface area contributed by atoms with E-state index in [-0.39, 0.29) is 29.6 Å². The molecule has 0 radical (unpaired) electrons. The van der Waals surface area contributed by atoms with Gasteiger partial charge in [-0.1, -0.05) is 135 Å². The fraction of sp³-hybridized carbons (Fsp3) is 1.00. The number of rotatable bonds is 23. The van der Waals surface area contributed by atoms with Crippen LogP contribution in [0.2, 0.25) is 0 Å². The van der Waals surface area contributed by atoms with Crippen LogP contribution in [0.25, 0.3) is 0 Å². The Kier molecular flexibility index (Phi) is 27.0. The molecule has 0 rings (SSSR count). The van der Waals surface area contributed by atoms with Gasteiger partial charge in [-0.25, -0.2) is 8.42 Å². The van der Waals surface area contributed by atoms with E-state index < -0.39 is 22.0 Å². The maximum Gasteiger partial charge on any atom is 1.00 e. The second-order valence-corrected chi connectivity index (χ2v) is 10.5. The van der Waals surface area contributed by atoms with Gasteiger partial charge in [-0.05, 0) is 6.42 Å². The van der Waals surface area contributed by atoms with Crippen molar-refractivity contribution in [3.8, 4) is 0 Å². The molecule has 0 saturated carbocycles. The van der Waals surface area contributed by atoms with Gasteiger partial charge in [0.05, 0.1) is 22.0 Å². The third kappa shape index (κ3) is 23.5. The second-order valence-electron chi connectivity index (χ2n) is 8.80. The third-order valence-electron chi connectivity index (χ3n) is 5.99. The van der Waals surface area contributed by atoms with Crippen LogP contribution in [0.1, 0.15) is 142 Å². The summed E-state index contributed by atoms with van der Waals surface area (Å²) >= 11 is 0. The Morgan fingerprint density at radius 2 is 0.867 bits per heavy atom. The minimum absolute atomic E-state index is 0. The van der Waals surface area contributed by atoms with Crippen LogP contribution >= 0.6 is 0 Å². The Balaban J connectivity index is 0. The first-order chi connectivity index (χ1) is 14.0. The molecular weight excluding hydrogens is 407 g/mol. The van der Waals surface area contributed by atoms with E-state index in [9.17, 15) is 13.0 Å². The summed E-state index contributed by atoms with van der Waals surface area (Å²) in [5.74, 6) is 0. The molecule has 0 aliphatic carbocycles. The number of aliphatic hydroxyl groups is 1. The van der Waals surface area contributed by atoms with Gasteiger partial charge in [-0.15, -0.1) is 0 Å². The van der Waals surface area contributed by atoms with Crippen molar-refractivity contribution in [3.63, 3.8) is 0 Å².